The molecule has 3 aromatic rings. The van der Waals surface area contributed by atoms with Crippen LogP contribution in [0.4, 0.5) is 4.79 Å². The van der Waals surface area contributed by atoms with Crippen LogP contribution in [0.25, 0.3) is 22.0 Å². The second-order valence-corrected chi connectivity index (χ2v) is 11.5. The molecule has 1 fully saturated rings. The van der Waals surface area contributed by atoms with Gasteiger partial charge < -0.3 is 14.8 Å². The minimum absolute atomic E-state index is 0.377. The number of fused-ring (bicyclic) bond motifs is 1. The number of nitrogens with one attached hydrogen (secondary N) is 1. The van der Waals surface area contributed by atoms with Gasteiger partial charge in [-0.1, -0.05) is 38.1 Å². The van der Waals surface area contributed by atoms with Crippen LogP contribution in [0.2, 0.25) is 0 Å². The van der Waals surface area contributed by atoms with Gasteiger partial charge in [0.25, 0.3) is 0 Å². The molecule has 2 aromatic carbocycles. The summed E-state index contributed by atoms with van der Waals surface area (Å²) in [5.74, 6) is 1.81. The lowest BCUT2D eigenvalue weighted by Gasteiger charge is -2.33. The zero-order valence-electron chi connectivity index (χ0n) is 21.9. The molecule has 1 aliphatic carbocycles. The Bertz CT molecular complexity index is 1190. The Morgan fingerprint density at radius 2 is 1.83 bits per heavy atom. The molecule has 0 saturated heterocycles. The Kier molecular flexibility index (Phi) is 7.07. The number of ether oxygens (including phenoxy) is 2. The van der Waals surface area contributed by atoms with Crippen LogP contribution in [0.5, 0.6) is 5.75 Å². The van der Waals surface area contributed by atoms with Crippen molar-refractivity contribution in [1.82, 2.24) is 10.3 Å². The first-order valence-corrected chi connectivity index (χ1v) is 12.6. The number of pyridine rings is 1. The van der Waals surface area contributed by atoms with E-state index in [1.54, 1.807) is 0 Å². The summed E-state index contributed by atoms with van der Waals surface area (Å²) in [5, 5.41) is 4.23. The average Bonchev–Trinajstić information content (AvgIpc) is 3.61. The van der Waals surface area contributed by atoms with Crippen LogP contribution in [0, 0.1) is 5.92 Å². The zero-order valence-corrected chi connectivity index (χ0v) is 21.9. The Hall–Kier alpha value is -3.08. The van der Waals surface area contributed by atoms with Crippen molar-refractivity contribution in [1.29, 1.82) is 0 Å². The van der Waals surface area contributed by atoms with Crippen molar-refractivity contribution in [3.8, 4) is 16.9 Å². The van der Waals surface area contributed by atoms with Gasteiger partial charge in [0.15, 0.2) is 0 Å². The van der Waals surface area contributed by atoms with Crippen LogP contribution in [-0.2, 0) is 4.74 Å². The van der Waals surface area contributed by atoms with Gasteiger partial charge in [-0.25, -0.2) is 4.79 Å². The van der Waals surface area contributed by atoms with Crippen molar-refractivity contribution in [3.05, 3.63) is 60.3 Å². The number of hydrogen-bond donors (Lipinski definition) is 1. The van der Waals surface area contributed by atoms with Crippen molar-refractivity contribution in [2.75, 3.05) is 6.61 Å². The third kappa shape index (κ3) is 6.53. The second-order valence-electron chi connectivity index (χ2n) is 11.5. The highest BCUT2D eigenvalue weighted by molar-refractivity contribution is 5.94. The standard InChI is InChI=1S/C30H38N2O3/c1-20(2)18-30(6,32-28(33)35-29(3,4)5)19-34-27-14-13-22(17-25(27)21-11-12-21)23-15-16-31-26-10-8-7-9-24(23)26/h7-10,13-17,20-21H,11-12,18-19H2,1-6H3,(H,32,33). The average molecular weight is 475 g/mol. The van der Waals surface area contributed by atoms with E-state index >= 15 is 0 Å². The molecule has 1 amide bonds. The molecule has 1 N–H and O–H groups in total. The molecular weight excluding hydrogens is 436 g/mol. The quantitative estimate of drug-likeness (QED) is 0.367. The molecule has 4 rings (SSSR count). The molecule has 1 saturated carbocycles. The van der Waals surface area contributed by atoms with Crippen molar-refractivity contribution in [2.24, 2.45) is 5.92 Å². The third-order valence-electron chi connectivity index (χ3n) is 6.19. The maximum Gasteiger partial charge on any atom is 0.408 e. The Morgan fingerprint density at radius 3 is 2.51 bits per heavy atom. The fourth-order valence-electron chi connectivity index (χ4n) is 4.74. The van der Waals surface area contributed by atoms with E-state index in [1.165, 1.54) is 29.5 Å². The number of carbonyl (C=O) groups is 1. The van der Waals surface area contributed by atoms with E-state index in [0.29, 0.717) is 18.4 Å². The second kappa shape index (κ2) is 9.88. The molecule has 186 valence electrons. The van der Waals surface area contributed by atoms with Gasteiger partial charge in [0, 0.05) is 11.6 Å². The molecule has 1 aromatic heterocycles. The summed E-state index contributed by atoms with van der Waals surface area (Å²) in [6.07, 6.45) is 4.60. The summed E-state index contributed by atoms with van der Waals surface area (Å²) in [7, 11) is 0. The minimum Gasteiger partial charge on any atom is -0.491 e. The zero-order chi connectivity index (χ0) is 25.2. The normalized spacial score (nSPS) is 15.6. The Morgan fingerprint density at radius 1 is 1.09 bits per heavy atom. The molecule has 1 aliphatic rings. The van der Waals surface area contributed by atoms with Crippen LogP contribution < -0.4 is 10.1 Å². The van der Waals surface area contributed by atoms with Crippen LogP contribution >= 0.6 is 0 Å². The van der Waals surface area contributed by atoms with E-state index < -0.39 is 17.2 Å². The fraction of sp³-hybridized carbons (Fsp3) is 0.467. The third-order valence-corrected chi connectivity index (χ3v) is 6.19. The van der Waals surface area contributed by atoms with Crippen LogP contribution in [0.15, 0.2) is 54.7 Å². The molecule has 0 aliphatic heterocycles. The largest absolute Gasteiger partial charge is 0.491 e. The smallest absolute Gasteiger partial charge is 0.408 e. The van der Waals surface area contributed by atoms with Crippen molar-refractivity contribution >= 4 is 17.0 Å². The van der Waals surface area contributed by atoms with Crippen molar-refractivity contribution in [2.45, 2.75) is 77.9 Å². The van der Waals surface area contributed by atoms with E-state index in [1.807, 2.05) is 46.0 Å². The Labute approximate surface area is 209 Å². The summed E-state index contributed by atoms with van der Waals surface area (Å²) >= 11 is 0. The topological polar surface area (TPSA) is 60.5 Å². The molecule has 35 heavy (non-hydrogen) atoms. The number of rotatable bonds is 8. The predicted molar refractivity (Wildman–Crippen MR) is 142 cm³/mol. The van der Waals surface area contributed by atoms with Gasteiger partial charge >= 0.3 is 6.09 Å². The molecule has 5 heteroatoms. The molecule has 0 spiro atoms. The number of aromatic nitrogens is 1. The first-order chi connectivity index (χ1) is 16.5. The van der Waals surface area contributed by atoms with Gasteiger partial charge in [-0.2, -0.15) is 0 Å². The highest BCUT2D eigenvalue weighted by Crippen LogP contribution is 2.46. The summed E-state index contributed by atoms with van der Waals surface area (Å²) in [6.45, 7) is 12.3. The fourth-order valence-corrected chi connectivity index (χ4v) is 4.74. The first kappa shape index (κ1) is 25.0. The SMILES string of the molecule is CC(C)CC(C)(COc1ccc(-c2ccnc3ccccc23)cc1C1CC1)NC(=O)OC(C)(C)C. The number of alkyl carbamates (subject to hydrolysis) is 1. The number of nitrogens with zero attached hydrogens (tertiary/aromatic N) is 1. The number of carbonyl (C=O) groups excluding carboxylic acids is 1. The number of para-hydroxylation sites is 1. The van der Waals surface area contributed by atoms with Crippen LogP contribution in [0.3, 0.4) is 0 Å². The molecule has 1 atom stereocenters. The van der Waals surface area contributed by atoms with Gasteiger partial charge in [-0.05, 0) is 99.7 Å². The molecule has 1 heterocycles. The number of benzene rings is 2. The van der Waals surface area contributed by atoms with E-state index in [2.05, 4.69) is 60.5 Å². The van der Waals surface area contributed by atoms with Crippen molar-refractivity contribution < 1.29 is 14.3 Å². The van der Waals surface area contributed by atoms with Gasteiger partial charge in [0.1, 0.15) is 18.0 Å². The molecular formula is C30H38N2O3. The lowest BCUT2D eigenvalue weighted by Crippen LogP contribution is -2.52. The van der Waals surface area contributed by atoms with E-state index in [4.69, 9.17) is 9.47 Å². The summed E-state index contributed by atoms with van der Waals surface area (Å²) in [5.41, 5.74) is 3.51. The lowest BCUT2D eigenvalue weighted by atomic mass is 9.91. The highest BCUT2D eigenvalue weighted by atomic mass is 16.6. The Balaban J connectivity index is 1.58. The minimum atomic E-state index is -0.546. The summed E-state index contributed by atoms with van der Waals surface area (Å²) < 4.78 is 12.0. The van der Waals surface area contributed by atoms with Gasteiger partial charge in [-0.15, -0.1) is 0 Å². The number of hydrogen-bond acceptors (Lipinski definition) is 4. The molecule has 0 bridgehead atoms. The lowest BCUT2D eigenvalue weighted by molar-refractivity contribution is 0.0407. The van der Waals surface area contributed by atoms with Gasteiger partial charge in [-0.3, -0.25) is 4.98 Å². The van der Waals surface area contributed by atoms with Gasteiger partial charge in [0.2, 0.25) is 0 Å². The van der Waals surface area contributed by atoms with E-state index in [0.717, 1.165) is 23.1 Å². The molecule has 0 radical (unpaired) electrons. The first-order valence-electron chi connectivity index (χ1n) is 12.6. The monoisotopic (exact) mass is 474 g/mol. The maximum atomic E-state index is 12.6. The van der Waals surface area contributed by atoms with Crippen LogP contribution in [0.1, 0.15) is 72.3 Å². The predicted octanol–water partition coefficient (Wildman–Crippen LogP) is 7.49. The van der Waals surface area contributed by atoms with Crippen LogP contribution in [-0.4, -0.2) is 28.8 Å². The number of amides is 1. The molecule has 5 nitrogen and oxygen atoms in total. The van der Waals surface area contributed by atoms with E-state index in [9.17, 15) is 4.79 Å². The summed E-state index contributed by atoms with van der Waals surface area (Å²) in [4.78, 5) is 17.1. The van der Waals surface area contributed by atoms with E-state index in [-0.39, 0.29) is 0 Å². The van der Waals surface area contributed by atoms with Gasteiger partial charge in [0.05, 0.1) is 11.1 Å². The highest BCUT2D eigenvalue weighted by Gasteiger charge is 2.32. The summed E-state index contributed by atoms with van der Waals surface area (Å²) in [6, 6.07) is 16.8. The molecule has 1 unspecified atom stereocenters. The van der Waals surface area contributed by atoms with Crippen molar-refractivity contribution in [3.63, 3.8) is 0 Å². The maximum absolute atomic E-state index is 12.6.